The lowest BCUT2D eigenvalue weighted by Gasteiger charge is -2.26. The van der Waals surface area contributed by atoms with Crippen molar-refractivity contribution in [3.8, 4) is 17.1 Å². The van der Waals surface area contributed by atoms with E-state index < -0.39 is 48.4 Å². The number of carbonyl (C=O) groups excluding carboxylic acids is 1. The molecule has 2 aromatic rings. The SMILES string of the molecule is CCCCCCCCOc1ccc(-c2noc([C@@H]3CC(F)(F)CN3C(=O)OC(C)(C)C)n2)cc1C(F)(F)F. The maximum Gasteiger partial charge on any atom is 0.419 e. The molecule has 2 heterocycles. The molecule has 1 amide bonds. The van der Waals surface area contributed by atoms with Crippen molar-refractivity contribution in [1.82, 2.24) is 15.0 Å². The van der Waals surface area contributed by atoms with Crippen molar-refractivity contribution in [2.45, 2.75) is 96.4 Å². The van der Waals surface area contributed by atoms with Crippen molar-refractivity contribution < 1.29 is 40.7 Å². The van der Waals surface area contributed by atoms with Gasteiger partial charge in [0.25, 0.3) is 5.92 Å². The molecular weight excluding hydrogens is 513 g/mol. The summed E-state index contributed by atoms with van der Waals surface area (Å²) in [7, 11) is 0. The van der Waals surface area contributed by atoms with Crippen molar-refractivity contribution in [2.75, 3.05) is 13.2 Å². The number of nitrogens with zero attached hydrogens (tertiary/aromatic N) is 3. The van der Waals surface area contributed by atoms with Crippen molar-refractivity contribution in [3.05, 3.63) is 29.7 Å². The first kappa shape index (κ1) is 29.6. The van der Waals surface area contributed by atoms with Gasteiger partial charge in [0.2, 0.25) is 11.7 Å². The molecule has 0 aliphatic carbocycles. The van der Waals surface area contributed by atoms with Gasteiger partial charge in [-0.2, -0.15) is 18.2 Å². The van der Waals surface area contributed by atoms with Crippen LogP contribution in [0.1, 0.15) is 90.1 Å². The van der Waals surface area contributed by atoms with Crippen LogP contribution in [0.3, 0.4) is 0 Å². The van der Waals surface area contributed by atoms with Crippen LogP contribution in [0.5, 0.6) is 5.75 Å². The van der Waals surface area contributed by atoms with Crippen LogP contribution in [0.25, 0.3) is 11.4 Å². The maximum atomic E-state index is 14.2. The number of carbonyl (C=O) groups is 1. The summed E-state index contributed by atoms with van der Waals surface area (Å²) >= 11 is 0. The van der Waals surface area contributed by atoms with E-state index in [0.717, 1.165) is 43.1 Å². The summed E-state index contributed by atoms with van der Waals surface area (Å²) in [5.41, 5.74) is -1.96. The molecule has 7 nitrogen and oxygen atoms in total. The Morgan fingerprint density at radius 1 is 1.13 bits per heavy atom. The largest absolute Gasteiger partial charge is 0.493 e. The average Bonchev–Trinajstić information content (AvgIpc) is 3.41. The number of amides is 1. The van der Waals surface area contributed by atoms with Gasteiger partial charge >= 0.3 is 12.3 Å². The Balaban J connectivity index is 1.77. The van der Waals surface area contributed by atoms with Gasteiger partial charge in [-0.25, -0.2) is 13.6 Å². The molecule has 38 heavy (non-hydrogen) atoms. The summed E-state index contributed by atoms with van der Waals surface area (Å²) in [6, 6.07) is 2.07. The topological polar surface area (TPSA) is 77.7 Å². The van der Waals surface area contributed by atoms with E-state index in [1.54, 1.807) is 20.8 Å². The molecule has 0 saturated carbocycles. The van der Waals surface area contributed by atoms with Crippen molar-refractivity contribution in [1.29, 1.82) is 0 Å². The zero-order valence-corrected chi connectivity index (χ0v) is 22.0. The number of rotatable bonds is 10. The molecule has 212 valence electrons. The Morgan fingerprint density at radius 3 is 2.47 bits per heavy atom. The van der Waals surface area contributed by atoms with Crippen LogP contribution in [-0.2, 0) is 10.9 Å². The van der Waals surface area contributed by atoms with Gasteiger partial charge in [-0.15, -0.1) is 0 Å². The molecule has 0 radical (unpaired) electrons. The number of unbranched alkanes of at least 4 members (excludes halogenated alkanes) is 5. The molecule has 1 aliphatic heterocycles. The van der Waals surface area contributed by atoms with Crippen LogP contribution in [0.4, 0.5) is 26.7 Å². The normalized spacial score (nSPS) is 17.6. The highest BCUT2D eigenvalue weighted by atomic mass is 19.4. The molecule has 1 atom stereocenters. The Morgan fingerprint density at radius 2 is 1.82 bits per heavy atom. The number of aromatic nitrogens is 2. The van der Waals surface area contributed by atoms with Gasteiger partial charge in [0.15, 0.2) is 0 Å². The minimum atomic E-state index is -4.71. The first-order valence-electron chi connectivity index (χ1n) is 12.8. The smallest absolute Gasteiger partial charge is 0.419 e. The highest BCUT2D eigenvalue weighted by molar-refractivity contribution is 5.69. The predicted molar refractivity (Wildman–Crippen MR) is 129 cm³/mol. The quantitative estimate of drug-likeness (QED) is 0.223. The predicted octanol–water partition coefficient (Wildman–Crippen LogP) is 7.81. The third-order valence-electron chi connectivity index (χ3n) is 5.92. The zero-order valence-electron chi connectivity index (χ0n) is 22.0. The Bertz CT molecular complexity index is 1080. The van der Waals surface area contributed by atoms with E-state index >= 15 is 0 Å². The summed E-state index contributed by atoms with van der Waals surface area (Å²) in [6.45, 7) is 6.13. The van der Waals surface area contributed by atoms with Gasteiger partial charge in [-0.05, 0) is 45.4 Å². The molecular formula is C26H34F5N3O4. The van der Waals surface area contributed by atoms with Gasteiger partial charge in [-0.3, -0.25) is 4.90 Å². The number of hydrogen-bond donors (Lipinski definition) is 0. The van der Waals surface area contributed by atoms with E-state index in [9.17, 15) is 26.7 Å². The molecule has 0 spiro atoms. The van der Waals surface area contributed by atoms with E-state index in [1.807, 2.05) is 0 Å². The Labute approximate surface area is 218 Å². The van der Waals surface area contributed by atoms with Crippen LogP contribution in [0.2, 0.25) is 0 Å². The van der Waals surface area contributed by atoms with Crippen LogP contribution in [0, 0.1) is 0 Å². The second-order valence-corrected chi connectivity index (χ2v) is 10.5. The summed E-state index contributed by atoms with van der Waals surface area (Å²) in [4.78, 5) is 17.4. The van der Waals surface area contributed by atoms with Crippen molar-refractivity contribution >= 4 is 6.09 Å². The number of alkyl halides is 5. The van der Waals surface area contributed by atoms with Crippen LogP contribution in [-0.4, -0.2) is 45.8 Å². The van der Waals surface area contributed by atoms with Crippen LogP contribution >= 0.6 is 0 Å². The van der Waals surface area contributed by atoms with Crippen molar-refractivity contribution in [3.63, 3.8) is 0 Å². The highest BCUT2D eigenvalue weighted by Crippen LogP contribution is 2.42. The third-order valence-corrected chi connectivity index (χ3v) is 5.92. The van der Waals surface area contributed by atoms with Gasteiger partial charge in [0, 0.05) is 12.0 Å². The van der Waals surface area contributed by atoms with E-state index in [0.29, 0.717) is 6.42 Å². The Hall–Kier alpha value is -2.92. The molecule has 1 aromatic heterocycles. The summed E-state index contributed by atoms with van der Waals surface area (Å²) < 4.78 is 85.5. The lowest BCUT2D eigenvalue weighted by molar-refractivity contribution is -0.138. The number of halogens is 5. The maximum absolute atomic E-state index is 14.2. The first-order valence-corrected chi connectivity index (χ1v) is 12.8. The lowest BCUT2D eigenvalue weighted by Crippen LogP contribution is -2.38. The van der Waals surface area contributed by atoms with E-state index in [2.05, 4.69) is 17.1 Å². The standard InChI is InChI=1S/C26H34F5N3O4/c1-5-6-7-8-9-10-13-36-20-12-11-17(14-18(20)26(29,30)31)21-32-22(38-33-21)19-15-25(27,28)16-34(19)23(35)37-24(2,3)4/h11-12,14,19H,5-10,13,15-16H2,1-4H3/t19-/m0/s1. The molecule has 1 saturated heterocycles. The fraction of sp³-hybridized carbons (Fsp3) is 0.654. The molecule has 3 rings (SSSR count). The Kier molecular flexibility index (Phi) is 9.25. The molecule has 1 fully saturated rings. The van der Waals surface area contributed by atoms with Gasteiger partial charge in [-0.1, -0.05) is 44.2 Å². The fourth-order valence-corrected chi connectivity index (χ4v) is 4.12. The van der Waals surface area contributed by atoms with E-state index in [-0.39, 0.29) is 29.6 Å². The average molecular weight is 548 g/mol. The molecule has 0 bridgehead atoms. The number of benzene rings is 1. The minimum Gasteiger partial charge on any atom is -0.493 e. The molecule has 1 aromatic carbocycles. The first-order chi connectivity index (χ1) is 17.7. The second-order valence-electron chi connectivity index (χ2n) is 10.5. The second kappa shape index (κ2) is 11.9. The fourth-order valence-electron chi connectivity index (χ4n) is 4.12. The van der Waals surface area contributed by atoms with E-state index in [1.165, 1.54) is 12.1 Å². The van der Waals surface area contributed by atoms with E-state index in [4.69, 9.17) is 14.0 Å². The lowest BCUT2D eigenvalue weighted by atomic mass is 10.1. The number of hydrogen-bond acceptors (Lipinski definition) is 6. The zero-order chi connectivity index (χ0) is 28.1. The summed E-state index contributed by atoms with van der Waals surface area (Å²) in [5.74, 6) is -4.09. The van der Waals surface area contributed by atoms with Crippen molar-refractivity contribution in [2.24, 2.45) is 0 Å². The van der Waals surface area contributed by atoms with Crippen LogP contribution in [0.15, 0.2) is 22.7 Å². The molecule has 0 N–H and O–H groups in total. The van der Waals surface area contributed by atoms with Gasteiger partial charge in [0.05, 0.1) is 18.7 Å². The summed E-state index contributed by atoms with van der Waals surface area (Å²) in [5, 5.41) is 3.69. The monoisotopic (exact) mass is 547 g/mol. The minimum absolute atomic E-state index is 0.0344. The highest BCUT2D eigenvalue weighted by Gasteiger charge is 2.51. The van der Waals surface area contributed by atoms with Crippen LogP contribution < -0.4 is 4.74 Å². The number of likely N-dealkylation sites (tertiary alicyclic amines) is 1. The van der Waals surface area contributed by atoms with Gasteiger partial charge in [0.1, 0.15) is 17.4 Å². The third kappa shape index (κ3) is 8.04. The summed E-state index contributed by atoms with van der Waals surface area (Å²) in [6.07, 6.45) is -0.656. The molecule has 12 heteroatoms. The molecule has 1 aliphatic rings. The van der Waals surface area contributed by atoms with Gasteiger partial charge < -0.3 is 14.0 Å². The molecule has 0 unspecified atom stereocenters. The number of ether oxygens (including phenoxy) is 2.